The van der Waals surface area contributed by atoms with Crippen molar-refractivity contribution in [3.8, 4) is 0 Å². The fraction of sp³-hybridized carbons (Fsp3) is 0.750. The van der Waals surface area contributed by atoms with Crippen LogP contribution in [0.4, 0.5) is 0 Å². The van der Waals surface area contributed by atoms with Crippen LogP contribution in [0.25, 0.3) is 0 Å². The Morgan fingerprint density at radius 3 is 3.07 bits per heavy atom. The molecule has 1 N–H and O–H groups in total. The molecular formula is C12H16O3. The van der Waals surface area contributed by atoms with Gasteiger partial charge in [-0.2, -0.15) is 0 Å². The molecule has 3 aliphatic rings. The molecule has 1 aliphatic heterocycles. The first-order valence-corrected chi connectivity index (χ1v) is 5.65. The first-order chi connectivity index (χ1) is 6.97. The molecule has 3 heteroatoms. The Kier molecular flexibility index (Phi) is 1.54. The van der Waals surface area contributed by atoms with Crippen LogP contribution in [0.2, 0.25) is 0 Å². The van der Waals surface area contributed by atoms with E-state index >= 15 is 0 Å². The fourth-order valence-electron chi connectivity index (χ4n) is 3.61. The van der Waals surface area contributed by atoms with E-state index < -0.39 is 11.2 Å². The summed E-state index contributed by atoms with van der Waals surface area (Å²) in [7, 11) is 0. The lowest BCUT2D eigenvalue weighted by molar-refractivity contribution is -0.152. The molecular weight excluding hydrogens is 192 g/mol. The van der Waals surface area contributed by atoms with Gasteiger partial charge in [0.1, 0.15) is 11.2 Å². The van der Waals surface area contributed by atoms with Gasteiger partial charge in [-0.1, -0.05) is 13.0 Å². The number of allylic oxidation sites excluding steroid dienone is 1. The van der Waals surface area contributed by atoms with E-state index in [0.29, 0.717) is 11.5 Å². The number of hydrogen-bond donors (Lipinski definition) is 1. The van der Waals surface area contributed by atoms with Gasteiger partial charge in [0.05, 0.1) is 5.57 Å². The maximum atomic E-state index is 11.7. The molecule has 82 valence electrons. The second-order valence-electron chi connectivity index (χ2n) is 5.42. The number of esters is 1. The van der Waals surface area contributed by atoms with Gasteiger partial charge in [-0.15, -0.1) is 0 Å². The van der Waals surface area contributed by atoms with Crippen LogP contribution in [0.5, 0.6) is 0 Å². The van der Waals surface area contributed by atoms with E-state index in [4.69, 9.17) is 4.74 Å². The average Bonchev–Trinajstić information content (AvgIpc) is 2.50. The van der Waals surface area contributed by atoms with Gasteiger partial charge in [-0.05, 0) is 38.0 Å². The van der Waals surface area contributed by atoms with E-state index in [1.807, 2.05) is 13.0 Å². The smallest absolute Gasteiger partial charge is 0.337 e. The SMILES string of the molecule is CC1C=C2C(=O)O[C@]3(C)CCC(C1)[C@]23O. The Hall–Kier alpha value is -0.830. The molecule has 0 amide bonds. The molecule has 0 radical (unpaired) electrons. The summed E-state index contributed by atoms with van der Waals surface area (Å²) in [5.74, 6) is 0.262. The first-order valence-electron chi connectivity index (χ1n) is 5.65. The zero-order chi connectivity index (χ0) is 10.8. The Balaban J connectivity index is 2.20. The van der Waals surface area contributed by atoms with Gasteiger partial charge < -0.3 is 9.84 Å². The van der Waals surface area contributed by atoms with Crippen LogP contribution in [-0.2, 0) is 9.53 Å². The van der Waals surface area contributed by atoms with E-state index in [9.17, 15) is 9.90 Å². The summed E-state index contributed by atoms with van der Waals surface area (Å²) in [6.45, 7) is 3.95. The molecule has 1 heterocycles. The maximum Gasteiger partial charge on any atom is 0.337 e. The average molecular weight is 208 g/mol. The largest absolute Gasteiger partial charge is 0.452 e. The van der Waals surface area contributed by atoms with Crippen molar-refractivity contribution in [2.75, 3.05) is 0 Å². The van der Waals surface area contributed by atoms with Crippen molar-refractivity contribution < 1.29 is 14.6 Å². The van der Waals surface area contributed by atoms with Gasteiger partial charge in [0.15, 0.2) is 0 Å². The highest BCUT2D eigenvalue weighted by Gasteiger charge is 2.68. The third-order valence-electron chi connectivity index (χ3n) is 4.42. The Morgan fingerprint density at radius 2 is 2.33 bits per heavy atom. The van der Waals surface area contributed by atoms with Gasteiger partial charge in [0.25, 0.3) is 0 Å². The van der Waals surface area contributed by atoms with E-state index in [0.717, 1.165) is 19.3 Å². The second-order valence-corrected chi connectivity index (χ2v) is 5.42. The minimum absolute atomic E-state index is 0.198. The van der Waals surface area contributed by atoms with Crippen LogP contribution in [0.3, 0.4) is 0 Å². The van der Waals surface area contributed by atoms with Gasteiger partial charge in [-0.3, -0.25) is 0 Å². The number of ether oxygens (including phenoxy) is 1. The van der Waals surface area contributed by atoms with Crippen LogP contribution in [0.15, 0.2) is 11.6 Å². The molecule has 2 unspecified atom stereocenters. The number of rotatable bonds is 0. The Morgan fingerprint density at radius 1 is 1.60 bits per heavy atom. The van der Waals surface area contributed by atoms with Gasteiger partial charge >= 0.3 is 5.97 Å². The summed E-state index contributed by atoms with van der Waals surface area (Å²) < 4.78 is 5.38. The highest BCUT2D eigenvalue weighted by Crippen LogP contribution is 2.58. The standard InChI is InChI=1S/C12H16O3/c1-7-5-8-3-4-11(2)12(8,14)9(6-7)10(13)15-11/h6-8,14H,3-5H2,1-2H3/t7?,8?,11-,12+/m1/s1. The van der Waals surface area contributed by atoms with Crippen molar-refractivity contribution in [1.82, 2.24) is 0 Å². The number of carbonyl (C=O) groups is 1. The van der Waals surface area contributed by atoms with Crippen molar-refractivity contribution in [1.29, 1.82) is 0 Å². The molecule has 0 spiro atoms. The predicted octanol–water partition coefficient (Wildman–Crippen LogP) is 1.41. The van der Waals surface area contributed by atoms with E-state index in [-0.39, 0.29) is 11.9 Å². The lowest BCUT2D eigenvalue weighted by atomic mass is 9.70. The van der Waals surface area contributed by atoms with Crippen molar-refractivity contribution >= 4 is 5.97 Å². The van der Waals surface area contributed by atoms with E-state index in [1.165, 1.54) is 0 Å². The molecule has 0 aromatic rings. The van der Waals surface area contributed by atoms with Crippen LogP contribution in [-0.4, -0.2) is 22.3 Å². The highest BCUT2D eigenvalue weighted by atomic mass is 16.6. The Bertz CT molecular complexity index is 373. The summed E-state index contributed by atoms with van der Waals surface area (Å²) >= 11 is 0. The monoisotopic (exact) mass is 208 g/mol. The lowest BCUT2D eigenvalue weighted by Crippen LogP contribution is -2.50. The van der Waals surface area contributed by atoms with E-state index in [1.54, 1.807) is 0 Å². The van der Waals surface area contributed by atoms with Crippen molar-refractivity contribution in [2.45, 2.75) is 44.3 Å². The summed E-state index contributed by atoms with van der Waals surface area (Å²) in [5.41, 5.74) is -1.15. The van der Waals surface area contributed by atoms with Crippen LogP contribution < -0.4 is 0 Å². The molecule has 3 rings (SSSR count). The van der Waals surface area contributed by atoms with Crippen molar-refractivity contribution in [3.63, 3.8) is 0 Å². The number of aliphatic hydroxyl groups is 1. The van der Waals surface area contributed by atoms with Gasteiger partial charge in [-0.25, -0.2) is 4.79 Å². The zero-order valence-electron chi connectivity index (χ0n) is 9.12. The molecule has 15 heavy (non-hydrogen) atoms. The molecule has 0 aromatic heterocycles. The normalized spacial score (nSPS) is 52.5. The minimum atomic E-state index is -1.00. The molecule has 4 atom stereocenters. The summed E-state index contributed by atoms with van der Waals surface area (Å²) in [6, 6.07) is 0. The second kappa shape index (κ2) is 2.46. The lowest BCUT2D eigenvalue weighted by Gasteiger charge is -2.38. The first kappa shape index (κ1) is 9.40. The predicted molar refractivity (Wildman–Crippen MR) is 54.0 cm³/mol. The quantitative estimate of drug-likeness (QED) is 0.612. The molecule has 2 fully saturated rings. The molecule has 0 bridgehead atoms. The third kappa shape index (κ3) is 0.882. The van der Waals surface area contributed by atoms with Crippen LogP contribution in [0, 0.1) is 11.8 Å². The third-order valence-corrected chi connectivity index (χ3v) is 4.42. The van der Waals surface area contributed by atoms with Gasteiger partial charge in [0, 0.05) is 0 Å². The fourth-order valence-corrected chi connectivity index (χ4v) is 3.61. The molecule has 0 aromatic carbocycles. The molecule has 2 aliphatic carbocycles. The summed E-state index contributed by atoms with van der Waals surface area (Å²) in [4.78, 5) is 11.7. The number of carbonyl (C=O) groups excluding carboxylic acids is 1. The topological polar surface area (TPSA) is 46.5 Å². The molecule has 1 saturated heterocycles. The zero-order valence-corrected chi connectivity index (χ0v) is 9.12. The molecule has 1 saturated carbocycles. The van der Waals surface area contributed by atoms with Crippen LogP contribution in [0.1, 0.15) is 33.1 Å². The van der Waals surface area contributed by atoms with Crippen molar-refractivity contribution in [3.05, 3.63) is 11.6 Å². The maximum absolute atomic E-state index is 11.7. The van der Waals surface area contributed by atoms with E-state index in [2.05, 4.69) is 6.92 Å². The summed E-state index contributed by atoms with van der Waals surface area (Å²) in [5, 5.41) is 10.7. The van der Waals surface area contributed by atoms with Crippen molar-refractivity contribution in [2.24, 2.45) is 11.8 Å². The molecule has 3 nitrogen and oxygen atoms in total. The number of hydrogen-bond acceptors (Lipinski definition) is 3. The summed E-state index contributed by atoms with van der Waals surface area (Å²) in [6.07, 6.45) is 4.60. The minimum Gasteiger partial charge on any atom is -0.452 e. The van der Waals surface area contributed by atoms with Crippen LogP contribution >= 0.6 is 0 Å². The highest BCUT2D eigenvalue weighted by molar-refractivity contribution is 5.95. The Labute approximate surface area is 89.1 Å². The van der Waals surface area contributed by atoms with Gasteiger partial charge in [0.2, 0.25) is 0 Å².